The maximum atomic E-state index is 13.8. The van der Waals surface area contributed by atoms with E-state index in [0.717, 1.165) is 24.3 Å². The summed E-state index contributed by atoms with van der Waals surface area (Å²) in [4.78, 5) is 0. The second-order valence-electron chi connectivity index (χ2n) is 10.2. The van der Waals surface area contributed by atoms with E-state index >= 15 is 0 Å². The molecule has 0 aliphatic rings. The van der Waals surface area contributed by atoms with Crippen LogP contribution in [0.4, 0.5) is 26.3 Å². The molecule has 0 saturated heterocycles. The third-order valence-electron chi connectivity index (χ3n) is 7.84. The summed E-state index contributed by atoms with van der Waals surface area (Å²) in [6, 6.07) is 27.4. The summed E-state index contributed by atoms with van der Waals surface area (Å²) < 4.78 is 85.8. The number of aromatic nitrogens is 2. The van der Waals surface area contributed by atoms with Crippen LogP contribution in [0.25, 0.3) is 55.0 Å². The van der Waals surface area contributed by atoms with Gasteiger partial charge < -0.3 is 9.13 Å². The van der Waals surface area contributed by atoms with Crippen molar-refractivity contribution in [3.05, 3.63) is 119 Å². The van der Waals surface area contributed by atoms with Crippen LogP contribution in [0.1, 0.15) is 22.3 Å². The molecule has 0 radical (unpaired) electrons. The number of para-hydroxylation sites is 2. The maximum Gasteiger partial charge on any atom is 0.416 e. The molecule has 0 atom stereocenters. The average molecular weight is 595 g/mol. The minimum absolute atomic E-state index is 0.111. The van der Waals surface area contributed by atoms with Gasteiger partial charge in [-0.15, -0.1) is 0 Å². The van der Waals surface area contributed by atoms with Gasteiger partial charge in [0.25, 0.3) is 0 Å². The van der Waals surface area contributed by atoms with E-state index in [1.165, 1.54) is 24.3 Å². The molecule has 10 heteroatoms. The SMILES string of the molecule is N#Cc1ccc(C#N)c(-n2c3ccccc3c3cc(C(F)(F)F)ccc32)c1-n1c2ccccc2c2cc(C(F)(F)F)ccc21. The highest BCUT2D eigenvalue weighted by Crippen LogP contribution is 2.43. The van der Waals surface area contributed by atoms with Crippen LogP contribution in [-0.2, 0) is 12.4 Å². The van der Waals surface area contributed by atoms with Crippen molar-refractivity contribution in [3.63, 3.8) is 0 Å². The van der Waals surface area contributed by atoms with Crippen LogP contribution >= 0.6 is 0 Å². The van der Waals surface area contributed by atoms with Crippen molar-refractivity contribution in [2.75, 3.05) is 0 Å². The summed E-state index contributed by atoms with van der Waals surface area (Å²) in [5.41, 5.74) is 0.618. The first-order valence-electron chi connectivity index (χ1n) is 13.2. The molecule has 7 aromatic rings. The van der Waals surface area contributed by atoms with E-state index in [1.54, 1.807) is 57.7 Å². The van der Waals surface area contributed by atoms with E-state index in [4.69, 9.17) is 0 Å². The molecule has 0 unspecified atom stereocenters. The van der Waals surface area contributed by atoms with Crippen LogP contribution in [0, 0.1) is 22.7 Å². The Labute approximate surface area is 244 Å². The summed E-state index contributed by atoms with van der Waals surface area (Å²) in [5.74, 6) is 0. The molecule has 0 N–H and O–H groups in total. The number of halogens is 6. The molecule has 2 heterocycles. The number of alkyl halides is 6. The zero-order valence-corrected chi connectivity index (χ0v) is 22.3. The largest absolute Gasteiger partial charge is 0.416 e. The van der Waals surface area contributed by atoms with Crippen molar-refractivity contribution < 1.29 is 26.3 Å². The lowest BCUT2D eigenvalue weighted by Crippen LogP contribution is -2.09. The first-order valence-corrected chi connectivity index (χ1v) is 13.2. The van der Waals surface area contributed by atoms with Gasteiger partial charge in [0.15, 0.2) is 0 Å². The van der Waals surface area contributed by atoms with Crippen LogP contribution in [0.2, 0.25) is 0 Å². The molecule has 0 fully saturated rings. The van der Waals surface area contributed by atoms with E-state index in [0.29, 0.717) is 32.8 Å². The standard InChI is InChI=1S/C34H16F6N4/c35-33(36,37)21-11-13-29-25(15-21)23-5-1-3-7-27(23)43(29)31-19(17-41)9-10-20(18-42)32(31)44-28-8-4-2-6-24(28)26-16-22(34(38,39)40)12-14-30(26)44/h1-16H. The summed E-state index contributed by atoms with van der Waals surface area (Å²) in [5, 5.41) is 22.2. The summed E-state index contributed by atoms with van der Waals surface area (Å²) in [6.07, 6.45) is -9.20. The second kappa shape index (κ2) is 9.38. The molecule has 5 aromatic carbocycles. The first-order chi connectivity index (χ1) is 21.0. The Bertz CT molecular complexity index is 2230. The molecule has 0 saturated carbocycles. The lowest BCUT2D eigenvalue weighted by Gasteiger charge is -2.19. The highest BCUT2D eigenvalue weighted by atomic mass is 19.4. The van der Waals surface area contributed by atoms with Crippen molar-refractivity contribution in [3.8, 4) is 23.5 Å². The number of rotatable bonds is 2. The minimum Gasteiger partial charge on any atom is -0.306 e. The minimum atomic E-state index is -4.60. The van der Waals surface area contributed by atoms with Gasteiger partial charge in [-0.25, -0.2) is 0 Å². The molecule has 7 rings (SSSR count). The van der Waals surface area contributed by atoms with Crippen LogP contribution < -0.4 is 0 Å². The number of nitrogens with zero attached hydrogens (tertiary/aromatic N) is 4. The van der Waals surface area contributed by atoms with Crippen molar-refractivity contribution >= 4 is 43.6 Å². The summed E-state index contributed by atoms with van der Waals surface area (Å²) in [7, 11) is 0. The third kappa shape index (κ3) is 3.92. The first kappa shape index (κ1) is 27.1. The molecule has 0 amide bonds. The summed E-state index contributed by atoms with van der Waals surface area (Å²) in [6.45, 7) is 0. The molecule has 0 spiro atoms. The Hall–Kier alpha value is -5.74. The highest BCUT2D eigenvalue weighted by Gasteiger charge is 2.33. The van der Waals surface area contributed by atoms with E-state index in [1.807, 2.05) is 0 Å². The maximum absolute atomic E-state index is 13.8. The number of nitriles is 2. The molecule has 214 valence electrons. The molecule has 0 aliphatic carbocycles. The van der Waals surface area contributed by atoms with Crippen LogP contribution in [-0.4, -0.2) is 9.13 Å². The van der Waals surface area contributed by atoms with Crippen LogP contribution in [0.15, 0.2) is 97.1 Å². The molecular weight excluding hydrogens is 578 g/mol. The molecule has 2 aromatic heterocycles. The van der Waals surface area contributed by atoms with Crippen molar-refractivity contribution in [2.24, 2.45) is 0 Å². The molecule has 4 nitrogen and oxygen atoms in total. The predicted molar refractivity (Wildman–Crippen MR) is 155 cm³/mol. The Morgan fingerprint density at radius 2 is 0.818 bits per heavy atom. The fraction of sp³-hybridized carbons (Fsp3) is 0.0588. The monoisotopic (exact) mass is 594 g/mol. The van der Waals surface area contributed by atoms with Gasteiger partial charge in [-0.1, -0.05) is 36.4 Å². The van der Waals surface area contributed by atoms with Gasteiger partial charge in [0.2, 0.25) is 0 Å². The van der Waals surface area contributed by atoms with Gasteiger partial charge in [-0.2, -0.15) is 36.9 Å². The zero-order valence-electron chi connectivity index (χ0n) is 22.3. The van der Waals surface area contributed by atoms with E-state index in [-0.39, 0.29) is 33.3 Å². The zero-order chi connectivity index (χ0) is 31.0. The van der Waals surface area contributed by atoms with E-state index in [9.17, 15) is 36.9 Å². The van der Waals surface area contributed by atoms with Crippen LogP contribution in [0.5, 0.6) is 0 Å². The van der Waals surface area contributed by atoms with Gasteiger partial charge in [0.1, 0.15) is 12.1 Å². The van der Waals surface area contributed by atoms with Gasteiger partial charge in [0, 0.05) is 21.5 Å². The number of fused-ring (bicyclic) bond motifs is 6. The third-order valence-corrected chi connectivity index (χ3v) is 7.84. The molecule has 0 aliphatic heterocycles. The highest BCUT2D eigenvalue weighted by molar-refractivity contribution is 6.12. The second-order valence-corrected chi connectivity index (χ2v) is 10.2. The van der Waals surface area contributed by atoms with Crippen LogP contribution in [0.3, 0.4) is 0 Å². The molecule has 0 bridgehead atoms. The fourth-order valence-corrected chi connectivity index (χ4v) is 5.99. The normalized spacial score (nSPS) is 12.3. The fourth-order valence-electron chi connectivity index (χ4n) is 5.99. The lowest BCUT2D eigenvalue weighted by atomic mass is 10.1. The Morgan fingerprint density at radius 1 is 0.455 bits per heavy atom. The number of hydrogen-bond acceptors (Lipinski definition) is 2. The van der Waals surface area contributed by atoms with Gasteiger partial charge >= 0.3 is 12.4 Å². The Balaban J connectivity index is 1.69. The number of hydrogen-bond donors (Lipinski definition) is 0. The number of benzene rings is 5. The quantitative estimate of drug-likeness (QED) is 0.187. The van der Waals surface area contributed by atoms with E-state index < -0.39 is 23.5 Å². The van der Waals surface area contributed by atoms with Crippen molar-refractivity contribution in [1.29, 1.82) is 10.5 Å². The van der Waals surface area contributed by atoms with Gasteiger partial charge in [-0.05, 0) is 60.7 Å². The van der Waals surface area contributed by atoms with Crippen molar-refractivity contribution in [1.82, 2.24) is 9.13 Å². The summed E-state index contributed by atoms with van der Waals surface area (Å²) >= 11 is 0. The van der Waals surface area contributed by atoms with Gasteiger partial charge in [-0.3, -0.25) is 0 Å². The van der Waals surface area contributed by atoms with Gasteiger partial charge in [0.05, 0.1) is 55.7 Å². The average Bonchev–Trinajstić information content (AvgIpc) is 3.51. The topological polar surface area (TPSA) is 57.4 Å². The van der Waals surface area contributed by atoms with Crippen molar-refractivity contribution in [2.45, 2.75) is 12.4 Å². The lowest BCUT2D eigenvalue weighted by molar-refractivity contribution is -0.138. The Morgan fingerprint density at radius 3 is 1.18 bits per heavy atom. The smallest absolute Gasteiger partial charge is 0.306 e. The van der Waals surface area contributed by atoms with E-state index in [2.05, 4.69) is 12.1 Å². The molecule has 44 heavy (non-hydrogen) atoms. The molecular formula is C34H16F6N4. The Kier molecular flexibility index (Phi) is 5.78. The predicted octanol–water partition coefficient (Wildman–Crippen LogP) is 9.66.